The topological polar surface area (TPSA) is 64.2 Å². The lowest BCUT2D eigenvalue weighted by Gasteiger charge is -2.18. The molecule has 2 aromatic rings. The Morgan fingerprint density at radius 3 is 2.43 bits per heavy atom. The third-order valence-corrected chi connectivity index (χ3v) is 5.76. The zero-order valence-corrected chi connectivity index (χ0v) is 18.1. The molecule has 2 aromatic carbocycles. The zero-order chi connectivity index (χ0) is 21.0. The fourth-order valence-corrected chi connectivity index (χ4v) is 3.98. The molecule has 0 spiro atoms. The third kappa shape index (κ3) is 7.38. The highest BCUT2D eigenvalue weighted by molar-refractivity contribution is 5.77. The first-order chi connectivity index (χ1) is 14.7. The molecule has 0 bridgehead atoms. The second-order valence-corrected chi connectivity index (χ2v) is 8.08. The Morgan fingerprint density at radius 2 is 1.70 bits per heavy atom. The van der Waals surface area contributed by atoms with Crippen LogP contribution in [0.1, 0.15) is 56.1 Å². The van der Waals surface area contributed by atoms with Crippen LogP contribution in [0.15, 0.2) is 48.5 Å². The van der Waals surface area contributed by atoms with Gasteiger partial charge in [0.2, 0.25) is 0 Å². The van der Waals surface area contributed by atoms with Crippen molar-refractivity contribution in [2.45, 2.75) is 64.1 Å². The minimum Gasteiger partial charge on any atom is -0.493 e. The van der Waals surface area contributed by atoms with Gasteiger partial charge < -0.3 is 20.1 Å². The molecule has 5 heteroatoms. The minimum atomic E-state index is -0.150. The summed E-state index contributed by atoms with van der Waals surface area (Å²) in [7, 11) is 1.64. The van der Waals surface area contributed by atoms with E-state index in [1.165, 1.54) is 50.5 Å². The van der Waals surface area contributed by atoms with Crippen molar-refractivity contribution in [1.82, 2.24) is 5.32 Å². The van der Waals surface area contributed by atoms with Gasteiger partial charge in [-0.3, -0.25) is 4.79 Å². The molecule has 0 atom stereocenters. The monoisotopic (exact) mass is 411 g/mol. The van der Waals surface area contributed by atoms with E-state index in [0.29, 0.717) is 18.0 Å². The first-order valence-corrected chi connectivity index (χ1v) is 11.2. The Bertz CT molecular complexity index is 771. The molecule has 1 saturated carbocycles. The third-order valence-electron chi connectivity index (χ3n) is 5.76. The summed E-state index contributed by atoms with van der Waals surface area (Å²) < 4.78 is 11.2. The lowest BCUT2D eigenvalue weighted by Crippen LogP contribution is -2.88. The Labute approximate surface area is 180 Å². The van der Waals surface area contributed by atoms with Crippen molar-refractivity contribution >= 4 is 5.91 Å². The van der Waals surface area contributed by atoms with Crippen molar-refractivity contribution in [2.75, 3.05) is 13.7 Å². The van der Waals surface area contributed by atoms with E-state index in [2.05, 4.69) is 16.7 Å². The van der Waals surface area contributed by atoms with Crippen molar-refractivity contribution < 1.29 is 19.6 Å². The van der Waals surface area contributed by atoms with Crippen LogP contribution in [0.3, 0.4) is 0 Å². The average molecular weight is 412 g/mol. The Morgan fingerprint density at radius 1 is 0.967 bits per heavy atom. The fraction of sp³-hybridized carbons (Fsp3) is 0.480. The predicted octanol–water partition coefficient (Wildman–Crippen LogP) is 3.57. The van der Waals surface area contributed by atoms with Gasteiger partial charge in [0.05, 0.1) is 13.2 Å². The number of nitrogens with two attached hydrogens (primary N) is 1. The van der Waals surface area contributed by atoms with Gasteiger partial charge in [-0.15, -0.1) is 0 Å². The van der Waals surface area contributed by atoms with E-state index in [0.717, 1.165) is 18.2 Å². The molecule has 1 fully saturated rings. The number of quaternary nitrogens is 1. The smallest absolute Gasteiger partial charge is 0.258 e. The molecule has 1 amide bonds. The summed E-state index contributed by atoms with van der Waals surface area (Å²) in [6.07, 6.45) is 9.49. The van der Waals surface area contributed by atoms with Crippen LogP contribution >= 0.6 is 0 Å². The van der Waals surface area contributed by atoms with Crippen molar-refractivity contribution in [3.05, 3.63) is 59.7 Å². The molecule has 1 aliphatic carbocycles. The maximum Gasteiger partial charge on any atom is 0.258 e. The molecule has 162 valence electrons. The number of carbonyl (C=O) groups is 1. The maximum absolute atomic E-state index is 12.1. The Balaban J connectivity index is 1.46. The largest absolute Gasteiger partial charge is 0.493 e. The van der Waals surface area contributed by atoms with Gasteiger partial charge >= 0.3 is 0 Å². The summed E-state index contributed by atoms with van der Waals surface area (Å²) in [5, 5.41) is 5.34. The highest BCUT2D eigenvalue weighted by Crippen LogP contribution is 2.27. The van der Waals surface area contributed by atoms with E-state index in [1.807, 2.05) is 42.5 Å². The van der Waals surface area contributed by atoms with Gasteiger partial charge in [-0.2, -0.15) is 0 Å². The molecule has 30 heavy (non-hydrogen) atoms. The summed E-state index contributed by atoms with van der Waals surface area (Å²) in [5.41, 5.74) is 2.28. The molecule has 0 aromatic heterocycles. The zero-order valence-electron chi connectivity index (χ0n) is 18.1. The standard InChI is InChI=1S/C25H34N2O3/c1-29-24-16-21(18-26-22-12-8-3-2-4-9-13-22)14-15-23(24)30-19-25(28)27-17-20-10-6-5-7-11-20/h5-7,10-11,14-16,22,26H,2-4,8-9,12-13,17-19H2,1H3,(H,27,28)/p+1. The number of amides is 1. The molecule has 0 saturated heterocycles. The van der Waals surface area contributed by atoms with Crippen LogP contribution in [-0.2, 0) is 17.9 Å². The normalized spacial score (nSPS) is 15.1. The lowest BCUT2D eigenvalue weighted by molar-refractivity contribution is -0.706. The molecule has 5 nitrogen and oxygen atoms in total. The molecular formula is C25H35N2O3+. The Kier molecular flexibility index (Phi) is 9.04. The molecule has 0 heterocycles. The second kappa shape index (κ2) is 12.2. The number of carbonyl (C=O) groups excluding carboxylic acids is 1. The van der Waals surface area contributed by atoms with Crippen molar-refractivity contribution in [1.29, 1.82) is 0 Å². The van der Waals surface area contributed by atoms with Gasteiger partial charge in [-0.25, -0.2) is 0 Å². The summed E-state index contributed by atoms with van der Waals surface area (Å²) in [5.74, 6) is 1.12. The fourth-order valence-electron chi connectivity index (χ4n) is 3.98. The van der Waals surface area contributed by atoms with Crippen molar-refractivity contribution in [2.24, 2.45) is 0 Å². The number of ether oxygens (including phenoxy) is 2. The number of hydrogen-bond acceptors (Lipinski definition) is 3. The number of benzene rings is 2. The molecule has 0 radical (unpaired) electrons. The predicted molar refractivity (Wildman–Crippen MR) is 119 cm³/mol. The molecule has 0 unspecified atom stereocenters. The van der Waals surface area contributed by atoms with E-state index in [9.17, 15) is 4.79 Å². The van der Waals surface area contributed by atoms with Gasteiger partial charge in [-0.05, 0) is 49.4 Å². The van der Waals surface area contributed by atoms with Gasteiger partial charge in [0, 0.05) is 12.1 Å². The van der Waals surface area contributed by atoms with E-state index in [1.54, 1.807) is 7.11 Å². The van der Waals surface area contributed by atoms with E-state index in [4.69, 9.17) is 9.47 Å². The average Bonchev–Trinajstić information content (AvgIpc) is 2.76. The molecule has 1 aliphatic rings. The highest BCUT2D eigenvalue weighted by atomic mass is 16.5. The molecule has 0 aliphatic heterocycles. The number of methoxy groups -OCH3 is 1. The van der Waals surface area contributed by atoms with Crippen LogP contribution in [0.2, 0.25) is 0 Å². The first kappa shape index (κ1) is 22.2. The van der Waals surface area contributed by atoms with Gasteiger partial charge in [0.1, 0.15) is 6.54 Å². The van der Waals surface area contributed by atoms with E-state index in [-0.39, 0.29) is 12.5 Å². The van der Waals surface area contributed by atoms with Crippen LogP contribution in [0.25, 0.3) is 0 Å². The minimum absolute atomic E-state index is 0.0310. The summed E-state index contributed by atoms with van der Waals surface area (Å²) >= 11 is 0. The van der Waals surface area contributed by atoms with E-state index < -0.39 is 0 Å². The van der Waals surface area contributed by atoms with Crippen LogP contribution in [0.5, 0.6) is 11.5 Å². The lowest BCUT2D eigenvalue weighted by atomic mass is 9.96. The quantitative estimate of drug-likeness (QED) is 0.663. The maximum atomic E-state index is 12.1. The Hall–Kier alpha value is -2.53. The molecule has 3 rings (SSSR count). The van der Waals surface area contributed by atoms with Crippen LogP contribution in [0.4, 0.5) is 0 Å². The number of nitrogens with one attached hydrogen (secondary N) is 1. The number of rotatable bonds is 9. The van der Waals surface area contributed by atoms with Crippen LogP contribution in [0, 0.1) is 0 Å². The van der Waals surface area contributed by atoms with Crippen LogP contribution < -0.4 is 20.1 Å². The first-order valence-electron chi connectivity index (χ1n) is 11.2. The van der Waals surface area contributed by atoms with E-state index >= 15 is 0 Å². The molecular weight excluding hydrogens is 376 g/mol. The van der Waals surface area contributed by atoms with Crippen LogP contribution in [-0.4, -0.2) is 25.7 Å². The van der Waals surface area contributed by atoms with Crippen molar-refractivity contribution in [3.8, 4) is 11.5 Å². The number of hydrogen-bond donors (Lipinski definition) is 2. The van der Waals surface area contributed by atoms with Gasteiger partial charge in [0.15, 0.2) is 18.1 Å². The van der Waals surface area contributed by atoms with Gasteiger partial charge in [0.25, 0.3) is 5.91 Å². The second-order valence-electron chi connectivity index (χ2n) is 8.08. The van der Waals surface area contributed by atoms with Crippen molar-refractivity contribution in [3.63, 3.8) is 0 Å². The summed E-state index contributed by atoms with van der Waals surface area (Å²) in [6.45, 7) is 1.41. The highest BCUT2D eigenvalue weighted by Gasteiger charge is 2.15. The molecule has 3 N–H and O–H groups in total. The summed E-state index contributed by atoms with van der Waals surface area (Å²) in [4.78, 5) is 12.1. The summed E-state index contributed by atoms with van der Waals surface area (Å²) in [6, 6.07) is 16.6. The SMILES string of the molecule is COc1cc(C[NH2+]C2CCCCCCC2)ccc1OCC(=O)NCc1ccccc1. The van der Waals surface area contributed by atoms with Gasteiger partial charge in [-0.1, -0.05) is 49.6 Å².